The molecule has 1 aliphatic heterocycles. The Hall–Kier alpha value is -2.48. The molecule has 7 nitrogen and oxygen atoms in total. The predicted molar refractivity (Wildman–Crippen MR) is 87.4 cm³/mol. The molecule has 0 aliphatic carbocycles. The molecule has 0 unspecified atom stereocenters. The molecule has 0 radical (unpaired) electrons. The van der Waals surface area contributed by atoms with Crippen molar-refractivity contribution in [1.82, 2.24) is 9.88 Å². The number of thiazole rings is 1. The van der Waals surface area contributed by atoms with Gasteiger partial charge in [-0.05, 0) is 25.8 Å². The number of nitrogens with zero attached hydrogens (tertiary/aromatic N) is 3. The Balaban J connectivity index is 1.93. The normalized spacial score (nSPS) is 17.4. The average Bonchev–Trinajstić information content (AvgIpc) is 3.15. The van der Waals surface area contributed by atoms with Crippen LogP contribution in [0.15, 0.2) is 23.6 Å². The number of nitrogen functional groups attached to an aromatic ring is 1. The molecule has 2 aromatic rings. The number of non-ortho nitro benzene ring substituents is 1. The Morgan fingerprint density at radius 3 is 2.96 bits per heavy atom. The van der Waals surface area contributed by atoms with Gasteiger partial charge in [0.1, 0.15) is 0 Å². The highest BCUT2D eigenvalue weighted by Gasteiger charge is 2.33. The van der Waals surface area contributed by atoms with E-state index in [1.807, 2.05) is 12.3 Å². The van der Waals surface area contributed by atoms with Crippen molar-refractivity contribution in [1.29, 1.82) is 0 Å². The van der Waals surface area contributed by atoms with Gasteiger partial charge in [-0.3, -0.25) is 14.9 Å². The maximum absolute atomic E-state index is 12.8. The number of amides is 1. The molecule has 1 aliphatic rings. The summed E-state index contributed by atoms with van der Waals surface area (Å²) < 4.78 is 0. The molecular weight excluding hydrogens is 316 g/mol. The summed E-state index contributed by atoms with van der Waals surface area (Å²) in [7, 11) is 0. The van der Waals surface area contributed by atoms with E-state index in [2.05, 4.69) is 4.98 Å². The maximum Gasteiger partial charge on any atom is 0.270 e. The minimum Gasteiger partial charge on any atom is -0.398 e. The number of nitro groups is 1. The van der Waals surface area contributed by atoms with Gasteiger partial charge in [-0.25, -0.2) is 4.98 Å². The van der Waals surface area contributed by atoms with Crippen LogP contribution in [0.3, 0.4) is 0 Å². The lowest BCUT2D eigenvalue weighted by Crippen LogP contribution is -2.31. The van der Waals surface area contributed by atoms with Crippen LogP contribution in [0.5, 0.6) is 0 Å². The molecule has 1 fully saturated rings. The minimum atomic E-state index is -0.526. The lowest BCUT2D eigenvalue weighted by Gasteiger charge is -2.24. The van der Waals surface area contributed by atoms with E-state index in [1.165, 1.54) is 18.2 Å². The van der Waals surface area contributed by atoms with E-state index in [1.54, 1.807) is 16.2 Å². The molecule has 0 saturated carbocycles. The average molecular weight is 332 g/mol. The molecule has 0 spiro atoms. The highest BCUT2D eigenvalue weighted by Crippen LogP contribution is 2.34. The molecule has 1 aromatic carbocycles. The lowest BCUT2D eigenvalue weighted by molar-refractivity contribution is -0.384. The number of carbonyl (C=O) groups excluding carboxylic acids is 1. The zero-order valence-electron chi connectivity index (χ0n) is 12.6. The van der Waals surface area contributed by atoms with Crippen molar-refractivity contribution in [2.75, 3.05) is 12.3 Å². The summed E-state index contributed by atoms with van der Waals surface area (Å²) in [5.74, 6) is -0.278. The summed E-state index contributed by atoms with van der Waals surface area (Å²) in [6.45, 7) is 2.52. The van der Waals surface area contributed by atoms with Crippen LogP contribution < -0.4 is 5.73 Å². The molecule has 1 aromatic heterocycles. The summed E-state index contributed by atoms with van der Waals surface area (Å²) in [5.41, 5.74) is 7.03. The third-order valence-electron chi connectivity index (χ3n) is 3.97. The maximum atomic E-state index is 12.8. The van der Waals surface area contributed by atoms with Crippen LogP contribution in [0.4, 0.5) is 11.4 Å². The zero-order chi connectivity index (χ0) is 16.6. The molecule has 1 saturated heterocycles. The monoisotopic (exact) mass is 332 g/mol. The van der Waals surface area contributed by atoms with Gasteiger partial charge in [-0.2, -0.15) is 0 Å². The fourth-order valence-corrected chi connectivity index (χ4v) is 3.51. The van der Waals surface area contributed by atoms with Crippen molar-refractivity contribution in [3.05, 3.63) is 50.0 Å². The third-order valence-corrected chi connectivity index (χ3v) is 4.76. The number of nitro benzene ring substituents is 1. The number of hydrogen-bond donors (Lipinski definition) is 1. The van der Waals surface area contributed by atoms with Gasteiger partial charge in [0.05, 0.1) is 27.2 Å². The Morgan fingerprint density at radius 1 is 1.52 bits per heavy atom. The highest BCUT2D eigenvalue weighted by molar-refractivity contribution is 7.09. The number of carbonyl (C=O) groups is 1. The van der Waals surface area contributed by atoms with E-state index in [4.69, 9.17) is 5.73 Å². The van der Waals surface area contributed by atoms with Crippen molar-refractivity contribution in [3.63, 3.8) is 0 Å². The molecule has 0 bridgehead atoms. The molecule has 8 heteroatoms. The number of rotatable bonds is 3. The third kappa shape index (κ3) is 2.89. The summed E-state index contributed by atoms with van der Waals surface area (Å²) >= 11 is 1.55. The van der Waals surface area contributed by atoms with Crippen molar-refractivity contribution in [3.8, 4) is 0 Å². The second kappa shape index (κ2) is 5.96. The molecule has 23 heavy (non-hydrogen) atoms. The molecule has 1 amide bonds. The zero-order valence-corrected chi connectivity index (χ0v) is 13.4. The Bertz CT molecular complexity index is 774. The fourth-order valence-electron chi connectivity index (χ4n) is 2.85. The second-order valence-electron chi connectivity index (χ2n) is 5.48. The Morgan fingerprint density at radius 2 is 2.30 bits per heavy atom. The number of hydrogen-bond acceptors (Lipinski definition) is 6. The van der Waals surface area contributed by atoms with Crippen LogP contribution in [-0.4, -0.2) is 27.3 Å². The van der Waals surface area contributed by atoms with Crippen LogP contribution in [0.25, 0.3) is 0 Å². The lowest BCUT2D eigenvalue weighted by atomic mass is 10.1. The number of aryl methyl sites for hydroxylation is 1. The first-order valence-electron chi connectivity index (χ1n) is 7.24. The van der Waals surface area contributed by atoms with Crippen LogP contribution in [0.2, 0.25) is 0 Å². The van der Waals surface area contributed by atoms with E-state index in [0.717, 1.165) is 23.5 Å². The fraction of sp³-hybridized carbons (Fsp3) is 0.333. The number of likely N-dealkylation sites (tertiary alicyclic amines) is 1. The molecule has 1 atom stereocenters. The first-order valence-corrected chi connectivity index (χ1v) is 8.12. The molecule has 120 valence electrons. The Labute approximate surface area is 136 Å². The number of nitrogens with two attached hydrogens (primary N) is 1. The van der Waals surface area contributed by atoms with Gasteiger partial charge in [0.15, 0.2) is 0 Å². The van der Waals surface area contributed by atoms with Crippen LogP contribution >= 0.6 is 11.3 Å². The summed E-state index contributed by atoms with van der Waals surface area (Å²) in [4.78, 5) is 29.4. The summed E-state index contributed by atoms with van der Waals surface area (Å²) in [6, 6.07) is 3.87. The standard InChI is InChI=1S/C15H16N4O3S/c1-9-17-13(8-23-9)14-3-2-6-18(14)15(20)11-7-10(19(21)22)4-5-12(11)16/h4-5,7-8,14H,2-3,6,16H2,1H3/t14-/m1/s1. The van der Waals surface area contributed by atoms with Gasteiger partial charge in [0.25, 0.3) is 11.6 Å². The highest BCUT2D eigenvalue weighted by atomic mass is 32.1. The van der Waals surface area contributed by atoms with Crippen LogP contribution in [0.1, 0.15) is 39.9 Å². The van der Waals surface area contributed by atoms with Crippen LogP contribution in [0, 0.1) is 17.0 Å². The first-order chi connectivity index (χ1) is 11.0. The number of benzene rings is 1. The smallest absolute Gasteiger partial charge is 0.270 e. The van der Waals surface area contributed by atoms with Crippen molar-refractivity contribution < 1.29 is 9.72 Å². The summed E-state index contributed by atoms with van der Waals surface area (Å²) in [6.07, 6.45) is 1.71. The minimum absolute atomic E-state index is 0.0916. The van der Waals surface area contributed by atoms with Gasteiger partial charge in [0, 0.05) is 29.7 Å². The van der Waals surface area contributed by atoms with E-state index in [-0.39, 0.29) is 28.9 Å². The topological polar surface area (TPSA) is 102 Å². The van der Waals surface area contributed by atoms with Gasteiger partial charge in [-0.15, -0.1) is 11.3 Å². The van der Waals surface area contributed by atoms with Gasteiger partial charge < -0.3 is 10.6 Å². The Kier molecular flexibility index (Phi) is 3.99. The first kappa shape index (κ1) is 15.4. The van der Waals surface area contributed by atoms with E-state index in [9.17, 15) is 14.9 Å². The van der Waals surface area contributed by atoms with Gasteiger partial charge >= 0.3 is 0 Å². The molecule has 2 N–H and O–H groups in total. The van der Waals surface area contributed by atoms with Crippen molar-refractivity contribution in [2.24, 2.45) is 0 Å². The molecular formula is C15H16N4O3S. The largest absolute Gasteiger partial charge is 0.398 e. The van der Waals surface area contributed by atoms with Crippen molar-refractivity contribution >= 4 is 28.6 Å². The second-order valence-corrected chi connectivity index (χ2v) is 6.54. The molecule has 2 heterocycles. The number of aromatic nitrogens is 1. The van der Waals surface area contributed by atoms with E-state index < -0.39 is 4.92 Å². The van der Waals surface area contributed by atoms with Gasteiger partial charge in [0.2, 0.25) is 0 Å². The van der Waals surface area contributed by atoms with E-state index in [0.29, 0.717) is 6.54 Å². The number of anilines is 1. The summed E-state index contributed by atoms with van der Waals surface area (Å²) in [5, 5.41) is 13.8. The van der Waals surface area contributed by atoms with Crippen LogP contribution in [-0.2, 0) is 0 Å². The SMILES string of the molecule is Cc1nc([C@H]2CCCN2C(=O)c2cc([N+](=O)[O-])ccc2N)cs1. The van der Waals surface area contributed by atoms with E-state index >= 15 is 0 Å². The van der Waals surface area contributed by atoms with Gasteiger partial charge in [-0.1, -0.05) is 0 Å². The predicted octanol–water partition coefficient (Wildman–Crippen LogP) is 2.92. The molecule has 3 rings (SSSR count). The quantitative estimate of drug-likeness (QED) is 0.529. The van der Waals surface area contributed by atoms with Crippen molar-refractivity contribution in [2.45, 2.75) is 25.8 Å².